The van der Waals surface area contributed by atoms with Crippen molar-refractivity contribution in [3.05, 3.63) is 46.2 Å². The molecule has 2 aromatic rings. The number of benzene rings is 1. The molecule has 1 atom stereocenters. The molecule has 1 aliphatic rings. The molecule has 0 fully saturated rings. The van der Waals surface area contributed by atoms with Gasteiger partial charge in [0, 0.05) is 42.5 Å². The number of aryl methyl sites for hydroxylation is 1. The Balaban J connectivity index is 1.69. The predicted molar refractivity (Wildman–Crippen MR) is 96.9 cm³/mol. The molecule has 2 amide bonds. The molecule has 1 N–H and O–H groups in total. The molecule has 6 nitrogen and oxygen atoms in total. The summed E-state index contributed by atoms with van der Waals surface area (Å²) in [6.07, 6.45) is 4.89. The van der Waals surface area contributed by atoms with E-state index in [1.807, 2.05) is 25.0 Å². The van der Waals surface area contributed by atoms with Gasteiger partial charge in [-0.15, -0.1) is 0 Å². The lowest BCUT2D eigenvalue weighted by Crippen LogP contribution is -2.40. The second-order valence-electron chi connectivity index (χ2n) is 6.30. The number of nitrogens with zero attached hydrogens (tertiary/aromatic N) is 3. The van der Waals surface area contributed by atoms with Crippen LogP contribution in [0.3, 0.4) is 0 Å². The number of amides is 2. The number of methoxy groups -OCH3 is 1. The first-order valence-electron chi connectivity index (χ1n) is 8.35. The zero-order valence-electron chi connectivity index (χ0n) is 14.8. The van der Waals surface area contributed by atoms with Crippen molar-refractivity contribution in [2.24, 2.45) is 7.05 Å². The van der Waals surface area contributed by atoms with Crippen LogP contribution in [0.4, 0.5) is 4.79 Å². The minimum atomic E-state index is -0.122. The van der Waals surface area contributed by atoms with Gasteiger partial charge in [-0.3, -0.25) is 4.68 Å². The molecule has 0 bridgehead atoms. The molecule has 0 saturated heterocycles. The number of rotatable bonds is 4. The number of ether oxygens (including phenoxy) is 1. The van der Waals surface area contributed by atoms with Crippen molar-refractivity contribution >= 4 is 17.6 Å². The first-order valence-corrected chi connectivity index (χ1v) is 8.73. The van der Waals surface area contributed by atoms with E-state index in [9.17, 15) is 4.79 Å². The molecule has 1 unspecified atom stereocenters. The van der Waals surface area contributed by atoms with Crippen molar-refractivity contribution < 1.29 is 9.53 Å². The summed E-state index contributed by atoms with van der Waals surface area (Å²) < 4.78 is 7.23. The molecule has 3 rings (SSSR count). The van der Waals surface area contributed by atoms with Crippen LogP contribution in [-0.2, 0) is 20.0 Å². The smallest absolute Gasteiger partial charge is 0.317 e. The van der Waals surface area contributed by atoms with E-state index in [1.54, 1.807) is 30.2 Å². The SMILES string of the molecule is COc1ccc(Cl)cc1CNC(=O)N(C)C1CCCc2c1cnn2C. The monoisotopic (exact) mass is 362 g/mol. The van der Waals surface area contributed by atoms with Crippen LogP contribution in [0.2, 0.25) is 5.02 Å². The second-order valence-corrected chi connectivity index (χ2v) is 6.74. The van der Waals surface area contributed by atoms with E-state index in [4.69, 9.17) is 16.3 Å². The summed E-state index contributed by atoms with van der Waals surface area (Å²) in [5.41, 5.74) is 3.21. The number of carbonyl (C=O) groups excluding carboxylic acids is 1. The maximum atomic E-state index is 12.6. The van der Waals surface area contributed by atoms with Gasteiger partial charge in [-0.25, -0.2) is 4.79 Å². The van der Waals surface area contributed by atoms with Gasteiger partial charge in [-0.1, -0.05) is 11.6 Å². The Kier molecular flexibility index (Phi) is 5.18. The van der Waals surface area contributed by atoms with Crippen molar-refractivity contribution in [2.75, 3.05) is 14.2 Å². The average Bonchev–Trinajstić information content (AvgIpc) is 3.00. The highest BCUT2D eigenvalue weighted by molar-refractivity contribution is 6.30. The van der Waals surface area contributed by atoms with Crippen molar-refractivity contribution in [2.45, 2.75) is 31.8 Å². The zero-order chi connectivity index (χ0) is 18.0. The minimum Gasteiger partial charge on any atom is -0.496 e. The van der Waals surface area contributed by atoms with E-state index in [1.165, 1.54) is 5.69 Å². The first kappa shape index (κ1) is 17.6. The molecular formula is C18H23ClN4O2. The Bertz CT molecular complexity index is 774. The molecule has 1 aliphatic carbocycles. The number of urea groups is 1. The highest BCUT2D eigenvalue weighted by Gasteiger charge is 2.29. The molecule has 0 aliphatic heterocycles. The van der Waals surface area contributed by atoms with Crippen LogP contribution in [0.5, 0.6) is 5.75 Å². The Morgan fingerprint density at radius 1 is 1.52 bits per heavy atom. The molecule has 0 spiro atoms. The van der Waals surface area contributed by atoms with E-state index in [2.05, 4.69) is 10.4 Å². The quantitative estimate of drug-likeness (QED) is 0.907. The summed E-state index contributed by atoms with van der Waals surface area (Å²) >= 11 is 6.04. The maximum absolute atomic E-state index is 12.6. The largest absolute Gasteiger partial charge is 0.496 e. The third-order valence-electron chi connectivity index (χ3n) is 4.80. The summed E-state index contributed by atoms with van der Waals surface area (Å²) in [5.74, 6) is 0.708. The average molecular weight is 363 g/mol. The van der Waals surface area contributed by atoms with Gasteiger partial charge in [0.15, 0.2) is 0 Å². The molecule has 1 aromatic heterocycles. The normalized spacial score (nSPS) is 16.2. The first-order chi connectivity index (χ1) is 12.0. The number of hydrogen-bond acceptors (Lipinski definition) is 3. The zero-order valence-corrected chi connectivity index (χ0v) is 15.5. The summed E-state index contributed by atoms with van der Waals surface area (Å²) in [7, 11) is 5.39. The minimum absolute atomic E-state index is 0.0544. The molecule has 1 aromatic carbocycles. The number of hydrogen-bond donors (Lipinski definition) is 1. The fourth-order valence-electron chi connectivity index (χ4n) is 3.41. The standard InChI is InChI=1S/C18H23ClN4O2/c1-22(15-5-4-6-16-14(15)11-21-23(16)2)18(24)20-10-12-9-13(19)7-8-17(12)25-3/h7-9,11,15H,4-6,10H2,1-3H3,(H,20,24). The number of halogens is 1. The van der Waals surface area contributed by atoms with Crippen LogP contribution in [0.25, 0.3) is 0 Å². The van der Waals surface area contributed by atoms with Crippen molar-refractivity contribution in [3.8, 4) is 5.75 Å². The summed E-state index contributed by atoms with van der Waals surface area (Å²) in [4.78, 5) is 14.4. The predicted octanol–water partition coefficient (Wildman–Crippen LogP) is 3.30. The lowest BCUT2D eigenvalue weighted by atomic mass is 9.92. The van der Waals surface area contributed by atoms with Crippen LogP contribution in [0, 0.1) is 0 Å². The summed E-state index contributed by atoms with van der Waals surface area (Å²) in [6.45, 7) is 0.361. The van der Waals surface area contributed by atoms with Crippen LogP contribution >= 0.6 is 11.6 Å². The van der Waals surface area contributed by atoms with Crippen molar-refractivity contribution in [3.63, 3.8) is 0 Å². The lowest BCUT2D eigenvalue weighted by Gasteiger charge is -2.31. The highest BCUT2D eigenvalue weighted by atomic mass is 35.5. The van der Waals surface area contributed by atoms with E-state index in [0.717, 1.165) is 30.4 Å². The third kappa shape index (κ3) is 3.58. The summed E-state index contributed by atoms with van der Waals surface area (Å²) in [6, 6.07) is 5.31. The molecule has 25 heavy (non-hydrogen) atoms. The van der Waals surface area contributed by atoms with E-state index in [-0.39, 0.29) is 12.1 Å². The Hall–Kier alpha value is -2.21. The Labute approximate surface area is 152 Å². The number of carbonyl (C=O) groups is 1. The van der Waals surface area contributed by atoms with Crippen molar-refractivity contribution in [1.29, 1.82) is 0 Å². The Morgan fingerprint density at radius 3 is 3.08 bits per heavy atom. The fraction of sp³-hybridized carbons (Fsp3) is 0.444. The molecule has 0 saturated carbocycles. The molecule has 7 heteroatoms. The molecular weight excluding hydrogens is 340 g/mol. The van der Waals surface area contributed by atoms with Gasteiger partial charge in [0.1, 0.15) is 5.75 Å². The lowest BCUT2D eigenvalue weighted by molar-refractivity contribution is 0.183. The molecule has 0 radical (unpaired) electrons. The Morgan fingerprint density at radius 2 is 2.32 bits per heavy atom. The number of fused-ring (bicyclic) bond motifs is 1. The third-order valence-corrected chi connectivity index (χ3v) is 5.04. The van der Waals surface area contributed by atoms with Crippen LogP contribution in [0.15, 0.2) is 24.4 Å². The van der Waals surface area contributed by atoms with E-state index in [0.29, 0.717) is 17.3 Å². The van der Waals surface area contributed by atoms with Gasteiger partial charge in [-0.05, 0) is 37.5 Å². The summed E-state index contributed by atoms with van der Waals surface area (Å²) in [5, 5.41) is 7.92. The number of aromatic nitrogens is 2. The molecule has 134 valence electrons. The van der Waals surface area contributed by atoms with Gasteiger partial charge in [0.2, 0.25) is 0 Å². The van der Waals surface area contributed by atoms with Crippen LogP contribution in [-0.4, -0.2) is 34.9 Å². The molecule has 1 heterocycles. The van der Waals surface area contributed by atoms with Gasteiger partial charge >= 0.3 is 6.03 Å². The van der Waals surface area contributed by atoms with Crippen LogP contribution in [0.1, 0.15) is 35.7 Å². The van der Waals surface area contributed by atoms with Gasteiger partial charge in [-0.2, -0.15) is 5.10 Å². The maximum Gasteiger partial charge on any atom is 0.317 e. The van der Waals surface area contributed by atoms with E-state index >= 15 is 0 Å². The second kappa shape index (κ2) is 7.35. The van der Waals surface area contributed by atoms with Gasteiger partial charge < -0.3 is 15.0 Å². The topological polar surface area (TPSA) is 59.4 Å². The van der Waals surface area contributed by atoms with Crippen LogP contribution < -0.4 is 10.1 Å². The fourth-order valence-corrected chi connectivity index (χ4v) is 3.60. The van der Waals surface area contributed by atoms with Crippen molar-refractivity contribution in [1.82, 2.24) is 20.0 Å². The van der Waals surface area contributed by atoms with Gasteiger partial charge in [0.05, 0.1) is 19.3 Å². The highest BCUT2D eigenvalue weighted by Crippen LogP contribution is 2.33. The number of nitrogens with one attached hydrogen (secondary N) is 1. The van der Waals surface area contributed by atoms with E-state index < -0.39 is 0 Å². The van der Waals surface area contributed by atoms with Gasteiger partial charge in [0.25, 0.3) is 0 Å².